The van der Waals surface area contributed by atoms with E-state index in [1.165, 1.54) is 22.7 Å². The van der Waals surface area contributed by atoms with Crippen LogP contribution in [0.3, 0.4) is 0 Å². The van der Waals surface area contributed by atoms with Crippen LogP contribution in [0.15, 0.2) is 21.3 Å². The predicted molar refractivity (Wildman–Crippen MR) is 78.2 cm³/mol. The molecule has 0 saturated carbocycles. The molecule has 0 spiro atoms. The van der Waals surface area contributed by atoms with Crippen LogP contribution in [0.2, 0.25) is 0 Å². The van der Waals surface area contributed by atoms with Crippen molar-refractivity contribution in [3.8, 4) is 0 Å². The minimum atomic E-state index is -0.237. The highest BCUT2D eigenvalue weighted by Crippen LogP contribution is 2.33. The Bertz CT molecular complexity index is 648. The van der Waals surface area contributed by atoms with Crippen molar-refractivity contribution in [2.24, 2.45) is 7.05 Å². The van der Waals surface area contributed by atoms with Gasteiger partial charge in [0.05, 0.1) is 0 Å². The average molecular weight is 294 g/mol. The van der Waals surface area contributed by atoms with Gasteiger partial charge in [-0.3, -0.25) is 4.57 Å². The summed E-state index contributed by atoms with van der Waals surface area (Å²) in [5.74, 6) is 1.10. The van der Waals surface area contributed by atoms with Crippen LogP contribution in [0.5, 0.6) is 0 Å². The van der Waals surface area contributed by atoms with E-state index in [4.69, 9.17) is 0 Å². The van der Waals surface area contributed by atoms with Crippen molar-refractivity contribution in [1.29, 1.82) is 0 Å². The van der Waals surface area contributed by atoms with E-state index < -0.39 is 0 Å². The Balaban J connectivity index is 2.43. The van der Waals surface area contributed by atoms with Crippen molar-refractivity contribution in [2.45, 2.75) is 36.9 Å². The number of aromatic amines is 1. The van der Waals surface area contributed by atoms with E-state index in [1.807, 2.05) is 6.92 Å². The van der Waals surface area contributed by atoms with Crippen LogP contribution in [0.1, 0.15) is 32.3 Å². The molecule has 0 aliphatic carbocycles. The van der Waals surface area contributed by atoms with Gasteiger partial charge in [-0.15, -0.1) is 5.10 Å². The summed E-state index contributed by atoms with van der Waals surface area (Å²) in [7, 11) is 1.68. The van der Waals surface area contributed by atoms with Gasteiger partial charge in [-0.2, -0.15) is 0 Å². The summed E-state index contributed by atoms with van der Waals surface area (Å²) >= 11 is 1.36. The van der Waals surface area contributed by atoms with E-state index in [1.54, 1.807) is 7.05 Å². The average Bonchev–Trinajstić information content (AvgIpc) is 2.71. The lowest BCUT2D eigenvalue weighted by molar-refractivity contribution is 0.758. The topological polar surface area (TPSA) is 88.5 Å². The highest BCUT2D eigenvalue weighted by Gasteiger charge is 2.17. The van der Waals surface area contributed by atoms with Crippen LogP contribution in [0, 0.1) is 0 Å². The monoisotopic (exact) mass is 294 g/mol. The van der Waals surface area contributed by atoms with Gasteiger partial charge in [0.2, 0.25) is 0 Å². The molecule has 8 heteroatoms. The van der Waals surface area contributed by atoms with E-state index in [0.717, 1.165) is 23.0 Å². The van der Waals surface area contributed by atoms with Gasteiger partial charge in [0, 0.05) is 19.2 Å². The van der Waals surface area contributed by atoms with Crippen LogP contribution in [0.4, 0.5) is 5.82 Å². The highest BCUT2D eigenvalue weighted by molar-refractivity contribution is 7.99. The molecule has 2 aromatic rings. The van der Waals surface area contributed by atoms with E-state index in [0.29, 0.717) is 5.16 Å². The quantitative estimate of drug-likeness (QED) is 0.814. The number of H-pyrrole nitrogens is 1. The number of nitrogens with zero attached hydrogens (tertiary/aromatic N) is 4. The van der Waals surface area contributed by atoms with Gasteiger partial charge in [-0.25, -0.2) is 19.9 Å². The second-order valence-electron chi connectivity index (χ2n) is 4.60. The minimum absolute atomic E-state index is 0.237. The Kier molecular flexibility index (Phi) is 4.43. The summed E-state index contributed by atoms with van der Waals surface area (Å²) in [6.07, 6.45) is 1.52. The van der Waals surface area contributed by atoms with Crippen LogP contribution in [0.25, 0.3) is 0 Å². The number of nitrogens with one attached hydrogen (secondary N) is 2. The third-order valence-corrected chi connectivity index (χ3v) is 3.86. The Labute approximate surface area is 121 Å². The predicted octanol–water partition coefficient (Wildman–Crippen LogP) is 1.60. The molecule has 2 aromatic heterocycles. The molecule has 2 N–H and O–H groups in total. The van der Waals surface area contributed by atoms with Crippen molar-refractivity contribution < 1.29 is 0 Å². The molecule has 20 heavy (non-hydrogen) atoms. The molecular formula is C12H18N6OS. The zero-order chi connectivity index (χ0) is 14.7. The standard InChI is InChI=1S/C12H18N6OS/c1-5-13-9-8(7(2)3)10(15-6-14-9)20-12-17-16-11(19)18(12)4/h6-7H,5H2,1-4H3,(H,16,19)(H,13,14,15). The summed E-state index contributed by atoms with van der Waals surface area (Å²) in [6, 6.07) is 0. The Morgan fingerprint density at radius 3 is 2.75 bits per heavy atom. The third-order valence-electron chi connectivity index (χ3n) is 2.80. The van der Waals surface area contributed by atoms with Crippen LogP contribution >= 0.6 is 11.8 Å². The van der Waals surface area contributed by atoms with E-state index >= 15 is 0 Å². The van der Waals surface area contributed by atoms with Gasteiger partial charge < -0.3 is 5.32 Å². The molecule has 0 radical (unpaired) electrons. The maximum Gasteiger partial charge on any atom is 0.343 e. The Morgan fingerprint density at radius 1 is 1.45 bits per heavy atom. The number of anilines is 1. The first-order valence-electron chi connectivity index (χ1n) is 6.42. The molecule has 0 unspecified atom stereocenters. The maximum atomic E-state index is 11.4. The van der Waals surface area contributed by atoms with Gasteiger partial charge in [0.15, 0.2) is 5.16 Å². The molecule has 0 saturated heterocycles. The number of hydrogen-bond donors (Lipinski definition) is 2. The fraction of sp³-hybridized carbons (Fsp3) is 0.500. The van der Waals surface area contributed by atoms with Crippen molar-refractivity contribution in [3.05, 3.63) is 22.4 Å². The fourth-order valence-electron chi connectivity index (χ4n) is 1.80. The second kappa shape index (κ2) is 6.08. The van der Waals surface area contributed by atoms with Crippen LogP contribution in [-0.2, 0) is 7.05 Å². The molecule has 0 bridgehead atoms. The molecule has 108 valence electrons. The fourth-order valence-corrected chi connectivity index (χ4v) is 2.83. The summed E-state index contributed by atoms with van der Waals surface area (Å²) in [4.78, 5) is 20.0. The highest BCUT2D eigenvalue weighted by atomic mass is 32.2. The minimum Gasteiger partial charge on any atom is -0.370 e. The molecule has 2 rings (SSSR count). The zero-order valence-corrected chi connectivity index (χ0v) is 12.8. The van der Waals surface area contributed by atoms with E-state index in [9.17, 15) is 4.79 Å². The van der Waals surface area contributed by atoms with Crippen LogP contribution < -0.4 is 11.0 Å². The molecule has 2 heterocycles. The smallest absolute Gasteiger partial charge is 0.343 e. The van der Waals surface area contributed by atoms with E-state index in [-0.39, 0.29) is 11.6 Å². The van der Waals surface area contributed by atoms with Gasteiger partial charge in [-0.1, -0.05) is 13.8 Å². The normalized spacial score (nSPS) is 11.1. The van der Waals surface area contributed by atoms with Crippen molar-refractivity contribution in [1.82, 2.24) is 24.7 Å². The van der Waals surface area contributed by atoms with Gasteiger partial charge in [0.1, 0.15) is 17.2 Å². The third kappa shape index (κ3) is 2.84. The van der Waals surface area contributed by atoms with E-state index in [2.05, 4.69) is 39.3 Å². The molecule has 0 fully saturated rings. The molecular weight excluding hydrogens is 276 g/mol. The molecule has 0 aromatic carbocycles. The number of rotatable bonds is 5. The molecule has 7 nitrogen and oxygen atoms in total. The van der Waals surface area contributed by atoms with Crippen LogP contribution in [-0.4, -0.2) is 31.3 Å². The molecule has 0 aliphatic rings. The zero-order valence-electron chi connectivity index (χ0n) is 12.0. The summed E-state index contributed by atoms with van der Waals surface area (Å²) < 4.78 is 1.46. The first-order valence-corrected chi connectivity index (χ1v) is 7.24. The SMILES string of the molecule is CCNc1ncnc(Sc2n[nH]c(=O)n2C)c1C(C)C. The lowest BCUT2D eigenvalue weighted by atomic mass is 10.1. The molecule has 0 aliphatic heterocycles. The number of hydrogen-bond acceptors (Lipinski definition) is 6. The van der Waals surface area contributed by atoms with Crippen molar-refractivity contribution in [2.75, 3.05) is 11.9 Å². The van der Waals surface area contributed by atoms with Gasteiger partial charge in [0.25, 0.3) is 0 Å². The largest absolute Gasteiger partial charge is 0.370 e. The number of aromatic nitrogens is 5. The lowest BCUT2D eigenvalue weighted by Gasteiger charge is -2.15. The van der Waals surface area contributed by atoms with Gasteiger partial charge >= 0.3 is 5.69 Å². The van der Waals surface area contributed by atoms with Gasteiger partial charge in [-0.05, 0) is 24.6 Å². The maximum absolute atomic E-state index is 11.4. The first-order chi connectivity index (χ1) is 9.54. The Morgan fingerprint density at radius 2 is 2.20 bits per heavy atom. The first kappa shape index (κ1) is 14.6. The summed E-state index contributed by atoms with van der Waals surface area (Å²) in [6.45, 7) is 7.00. The summed E-state index contributed by atoms with van der Waals surface area (Å²) in [5, 5.41) is 11.1. The van der Waals surface area contributed by atoms with Crippen molar-refractivity contribution in [3.63, 3.8) is 0 Å². The van der Waals surface area contributed by atoms with Crippen molar-refractivity contribution >= 4 is 17.6 Å². The summed E-state index contributed by atoms with van der Waals surface area (Å²) in [5.41, 5.74) is 0.800. The Hall–Kier alpha value is -1.83. The molecule has 0 amide bonds. The molecule has 0 atom stereocenters. The lowest BCUT2D eigenvalue weighted by Crippen LogP contribution is -2.13. The second-order valence-corrected chi connectivity index (χ2v) is 5.55.